The zero-order chi connectivity index (χ0) is 11.1. The highest BCUT2D eigenvalue weighted by atomic mass is 32.2. The van der Waals surface area contributed by atoms with E-state index in [0.717, 1.165) is 11.5 Å². The molecule has 0 fully saturated rings. The molecule has 0 aliphatic carbocycles. The molecule has 0 spiro atoms. The summed E-state index contributed by atoms with van der Waals surface area (Å²) in [5.41, 5.74) is 0. The number of thioether (sulfide) groups is 2. The first-order valence-corrected chi connectivity index (χ1v) is 6.98. The maximum Gasteiger partial charge on any atom is 0.0278 e. The summed E-state index contributed by atoms with van der Waals surface area (Å²) in [6.45, 7) is 0. The molecule has 2 aromatic rings. The number of rotatable bonds is 5. The van der Waals surface area contributed by atoms with Crippen LogP contribution in [-0.2, 0) is 0 Å². The number of aromatic nitrogens is 2. The molecule has 0 bridgehead atoms. The largest absolute Gasteiger partial charge is 0.265 e. The van der Waals surface area contributed by atoms with Gasteiger partial charge in [-0.15, -0.1) is 23.5 Å². The molecule has 0 radical (unpaired) electrons. The first kappa shape index (κ1) is 11.5. The molecule has 0 amide bonds. The molecule has 16 heavy (non-hydrogen) atoms. The third kappa shape index (κ3) is 3.87. The monoisotopic (exact) mass is 248 g/mol. The van der Waals surface area contributed by atoms with Crippen molar-refractivity contribution in [2.45, 2.75) is 9.79 Å². The van der Waals surface area contributed by atoms with E-state index < -0.39 is 0 Å². The van der Waals surface area contributed by atoms with Crippen molar-refractivity contribution in [1.82, 2.24) is 9.97 Å². The Morgan fingerprint density at radius 2 is 1.06 bits per heavy atom. The van der Waals surface area contributed by atoms with Crippen LogP contribution in [0.3, 0.4) is 0 Å². The highest BCUT2D eigenvalue weighted by Crippen LogP contribution is 2.21. The Hall–Kier alpha value is -1.00. The minimum absolute atomic E-state index is 1.11. The second kappa shape index (κ2) is 6.55. The van der Waals surface area contributed by atoms with Crippen LogP contribution in [0.1, 0.15) is 0 Å². The zero-order valence-electron chi connectivity index (χ0n) is 8.74. The zero-order valence-corrected chi connectivity index (χ0v) is 10.4. The highest BCUT2D eigenvalue weighted by molar-refractivity contribution is 8.03. The normalized spacial score (nSPS) is 10.2. The third-order valence-electron chi connectivity index (χ3n) is 1.92. The van der Waals surface area contributed by atoms with Gasteiger partial charge in [0.15, 0.2) is 0 Å². The van der Waals surface area contributed by atoms with Crippen molar-refractivity contribution < 1.29 is 0 Å². The van der Waals surface area contributed by atoms with Crippen molar-refractivity contribution in [1.29, 1.82) is 0 Å². The first-order chi connectivity index (χ1) is 7.95. The van der Waals surface area contributed by atoms with E-state index >= 15 is 0 Å². The van der Waals surface area contributed by atoms with E-state index in [4.69, 9.17) is 0 Å². The van der Waals surface area contributed by atoms with E-state index in [0.29, 0.717) is 0 Å². The lowest BCUT2D eigenvalue weighted by Gasteiger charge is -2.01. The van der Waals surface area contributed by atoms with Gasteiger partial charge in [-0.1, -0.05) is 0 Å². The molecule has 0 saturated carbocycles. The van der Waals surface area contributed by atoms with Crippen LogP contribution in [0.25, 0.3) is 0 Å². The maximum absolute atomic E-state index is 4.00. The van der Waals surface area contributed by atoms with Crippen molar-refractivity contribution in [3.05, 3.63) is 49.1 Å². The van der Waals surface area contributed by atoms with Gasteiger partial charge >= 0.3 is 0 Å². The van der Waals surface area contributed by atoms with Gasteiger partial charge in [0.2, 0.25) is 0 Å². The number of hydrogen-bond donors (Lipinski definition) is 0. The smallest absolute Gasteiger partial charge is 0.0278 e. The summed E-state index contributed by atoms with van der Waals surface area (Å²) < 4.78 is 0. The molecule has 2 rings (SSSR count). The summed E-state index contributed by atoms with van der Waals surface area (Å²) >= 11 is 3.73. The van der Waals surface area contributed by atoms with Gasteiger partial charge in [0.05, 0.1) is 0 Å². The Morgan fingerprint density at radius 1 is 0.688 bits per heavy atom. The van der Waals surface area contributed by atoms with Gasteiger partial charge in [-0.2, -0.15) is 0 Å². The van der Waals surface area contributed by atoms with Gasteiger partial charge in [0.1, 0.15) is 0 Å². The second-order valence-corrected chi connectivity index (χ2v) is 5.40. The average molecular weight is 248 g/mol. The van der Waals surface area contributed by atoms with Gasteiger partial charge in [-0.05, 0) is 24.3 Å². The van der Waals surface area contributed by atoms with Crippen molar-refractivity contribution >= 4 is 23.5 Å². The molecule has 0 atom stereocenters. The van der Waals surface area contributed by atoms with E-state index in [2.05, 4.69) is 9.97 Å². The quantitative estimate of drug-likeness (QED) is 0.598. The van der Waals surface area contributed by atoms with Gasteiger partial charge in [0, 0.05) is 46.1 Å². The molecule has 4 heteroatoms. The van der Waals surface area contributed by atoms with Gasteiger partial charge in [-0.25, -0.2) is 0 Å². The van der Waals surface area contributed by atoms with Crippen molar-refractivity contribution in [3.8, 4) is 0 Å². The van der Waals surface area contributed by atoms with Crippen LogP contribution in [0.2, 0.25) is 0 Å². The van der Waals surface area contributed by atoms with E-state index in [1.807, 2.05) is 72.6 Å². The maximum atomic E-state index is 4.00. The van der Waals surface area contributed by atoms with E-state index in [1.165, 1.54) is 9.79 Å². The van der Waals surface area contributed by atoms with Gasteiger partial charge < -0.3 is 0 Å². The van der Waals surface area contributed by atoms with Crippen LogP contribution >= 0.6 is 23.5 Å². The minimum atomic E-state index is 1.11. The van der Waals surface area contributed by atoms with Crippen molar-refractivity contribution in [2.24, 2.45) is 0 Å². The SMILES string of the molecule is c1cc(SCCSc2ccncc2)ccn1. The van der Waals surface area contributed by atoms with Gasteiger partial charge in [0.25, 0.3) is 0 Å². The second-order valence-electron chi connectivity index (χ2n) is 3.06. The molecular weight excluding hydrogens is 236 g/mol. The summed E-state index contributed by atoms with van der Waals surface area (Å²) in [4.78, 5) is 10.6. The summed E-state index contributed by atoms with van der Waals surface area (Å²) in [6.07, 6.45) is 7.33. The summed E-state index contributed by atoms with van der Waals surface area (Å²) in [5, 5.41) is 0. The summed E-state index contributed by atoms with van der Waals surface area (Å²) in [5.74, 6) is 2.22. The predicted octanol–water partition coefficient (Wildman–Crippen LogP) is 3.36. The predicted molar refractivity (Wildman–Crippen MR) is 69.9 cm³/mol. The highest BCUT2D eigenvalue weighted by Gasteiger charge is 1.95. The molecule has 0 aromatic carbocycles. The van der Waals surface area contributed by atoms with Crippen molar-refractivity contribution in [2.75, 3.05) is 11.5 Å². The molecule has 2 nitrogen and oxygen atoms in total. The van der Waals surface area contributed by atoms with Crippen LogP contribution in [0.4, 0.5) is 0 Å². The number of pyridine rings is 2. The third-order valence-corrected chi connectivity index (χ3v) is 4.21. The molecule has 0 saturated heterocycles. The number of nitrogens with zero attached hydrogens (tertiary/aromatic N) is 2. The Balaban J connectivity index is 1.70. The fraction of sp³-hybridized carbons (Fsp3) is 0.167. The summed E-state index contributed by atoms with van der Waals surface area (Å²) in [6, 6.07) is 8.17. The van der Waals surface area contributed by atoms with Crippen LogP contribution in [0, 0.1) is 0 Å². The molecule has 0 N–H and O–H groups in total. The lowest BCUT2D eigenvalue weighted by molar-refractivity contribution is 1.26. The Kier molecular flexibility index (Phi) is 4.70. The van der Waals surface area contributed by atoms with E-state index in [-0.39, 0.29) is 0 Å². The Morgan fingerprint density at radius 3 is 1.44 bits per heavy atom. The Bertz CT molecular complexity index is 364. The lowest BCUT2D eigenvalue weighted by Crippen LogP contribution is -1.84. The fourth-order valence-electron chi connectivity index (χ4n) is 1.19. The lowest BCUT2D eigenvalue weighted by atomic mass is 10.5. The van der Waals surface area contributed by atoms with E-state index in [1.54, 1.807) is 0 Å². The molecule has 2 heterocycles. The van der Waals surface area contributed by atoms with Gasteiger partial charge in [-0.3, -0.25) is 9.97 Å². The van der Waals surface area contributed by atoms with Crippen LogP contribution < -0.4 is 0 Å². The van der Waals surface area contributed by atoms with Crippen LogP contribution in [-0.4, -0.2) is 21.5 Å². The minimum Gasteiger partial charge on any atom is -0.265 e. The average Bonchev–Trinajstić information content (AvgIpc) is 2.37. The molecule has 82 valence electrons. The van der Waals surface area contributed by atoms with Crippen LogP contribution in [0.5, 0.6) is 0 Å². The Labute approximate surface area is 104 Å². The summed E-state index contributed by atoms with van der Waals surface area (Å²) in [7, 11) is 0. The molecule has 0 aliphatic heterocycles. The fourth-order valence-corrected chi connectivity index (χ4v) is 2.95. The topological polar surface area (TPSA) is 25.8 Å². The number of hydrogen-bond acceptors (Lipinski definition) is 4. The molecule has 0 unspecified atom stereocenters. The van der Waals surface area contributed by atoms with E-state index in [9.17, 15) is 0 Å². The van der Waals surface area contributed by atoms with Crippen molar-refractivity contribution in [3.63, 3.8) is 0 Å². The molecular formula is C12H12N2S2. The van der Waals surface area contributed by atoms with Crippen LogP contribution in [0.15, 0.2) is 58.8 Å². The first-order valence-electron chi connectivity index (χ1n) is 5.01. The standard InChI is InChI=1S/C12H12N2S2/c1-5-13-6-2-11(1)15-9-10-16-12-3-7-14-8-4-12/h1-8H,9-10H2. The molecule has 2 aromatic heterocycles. The molecule has 0 aliphatic rings.